The topological polar surface area (TPSA) is 0 Å². The fourth-order valence-electron chi connectivity index (χ4n) is 0. The quantitative estimate of drug-likeness (QED) is 0.388. The van der Waals surface area contributed by atoms with Crippen molar-refractivity contribution in [1.29, 1.82) is 0 Å². The molecule has 0 aromatic carbocycles. The first-order valence-corrected chi connectivity index (χ1v) is 8.47. The van der Waals surface area contributed by atoms with Gasteiger partial charge in [-0.15, -0.1) is 6.58 Å². The number of hydrogen-bond donors (Lipinski definition) is 0. The van der Waals surface area contributed by atoms with Crippen LogP contribution in [0, 0.1) is 0 Å². The Kier molecular flexibility index (Phi) is 2090. The second-order valence-corrected chi connectivity index (χ2v) is 1.07. The summed E-state index contributed by atoms with van der Waals surface area (Å²) in [4.78, 5) is 0. The third kappa shape index (κ3) is 18200. The summed E-state index contributed by atoms with van der Waals surface area (Å²) in [7, 11) is 0. The molecule has 0 nitrogen and oxygen atoms in total. The van der Waals surface area contributed by atoms with Gasteiger partial charge in [0.1, 0.15) is 0 Å². The van der Waals surface area contributed by atoms with Crippen LogP contribution in [0.2, 0.25) is 0 Å². The summed E-state index contributed by atoms with van der Waals surface area (Å²) in [6, 6.07) is 0. The van der Waals surface area contributed by atoms with Crippen molar-refractivity contribution >= 4 is 0 Å². The van der Waals surface area contributed by atoms with Gasteiger partial charge < -0.3 is 0 Å². The van der Waals surface area contributed by atoms with Gasteiger partial charge >= 0.3 is 0 Å². The normalized spacial score (nSPS) is 4.58. The Morgan fingerprint density at radius 2 is 0.474 bits per heavy atom. The predicted octanol–water partition coefficient (Wildman–Crippen LogP) is 8.93. The lowest BCUT2D eigenvalue weighted by Gasteiger charge is -1.49. The van der Waals surface area contributed by atoms with Gasteiger partial charge in [-0.2, -0.15) is 0 Å². The first-order valence-electron chi connectivity index (χ1n) is 8.47. The minimum Gasteiger partial charge on any atom is -0.103 e. The van der Waals surface area contributed by atoms with Crippen LogP contribution in [0.25, 0.3) is 0 Å². The van der Waals surface area contributed by atoms with E-state index < -0.39 is 0 Å². The average Bonchev–Trinajstić information content (AvgIpc) is 2.59. The van der Waals surface area contributed by atoms with E-state index in [4.69, 9.17) is 0 Å². The maximum Gasteiger partial charge on any atom is -0.0470 e. The van der Waals surface area contributed by atoms with Crippen LogP contribution >= 0.6 is 0 Å². The van der Waals surface area contributed by atoms with Crippen molar-refractivity contribution in [2.75, 3.05) is 0 Å². The van der Waals surface area contributed by atoms with E-state index in [9.17, 15) is 0 Å². The average molecular weight is 279 g/mol. The summed E-state index contributed by atoms with van der Waals surface area (Å²) < 4.78 is 0. The van der Waals surface area contributed by atoms with Crippen LogP contribution in [-0.2, 0) is 0 Å². The van der Waals surface area contributed by atoms with Crippen LogP contribution in [0.1, 0.15) is 104 Å². The Morgan fingerprint density at radius 3 is 0.474 bits per heavy atom. The van der Waals surface area contributed by atoms with Gasteiger partial charge in [0.25, 0.3) is 0 Å². The van der Waals surface area contributed by atoms with E-state index >= 15 is 0 Å². The largest absolute Gasteiger partial charge is 0.103 e. The van der Waals surface area contributed by atoms with Crippen molar-refractivity contribution in [1.82, 2.24) is 0 Å². The minimum absolute atomic E-state index is 1.75. The van der Waals surface area contributed by atoms with E-state index in [0.717, 1.165) is 0 Å². The number of allylic oxidation sites excluding steroid dienone is 3. The van der Waals surface area contributed by atoms with E-state index in [0.29, 0.717) is 0 Å². The van der Waals surface area contributed by atoms with Crippen molar-refractivity contribution in [3.05, 3.63) is 24.8 Å². The van der Waals surface area contributed by atoms with Gasteiger partial charge in [-0.05, 0) is 20.8 Å². The molecule has 0 heteroatoms. The molecule has 0 N–H and O–H groups in total. The molecule has 0 saturated carbocycles. The molecule has 0 amide bonds. The zero-order chi connectivity index (χ0) is 18.1. The lowest BCUT2D eigenvalue weighted by atomic mass is 10.6. The fourth-order valence-corrected chi connectivity index (χ4v) is 0. The highest BCUT2D eigenvalue weighted by molar-refractivity contribution is 4.68. The Labute approximate surface area is 129 Å². The smallest absolute Gasteiger partial charge is 0.0470 e. The SMILES string of the molecule is C/C=C\C.C=CC.CC.CC.CC.CC.CC.CC. The molecule has 0 rings (SSSR count). The molecule has 0 saturated heterocycles. The summed E-state index contributed by atoms with van der Waals surface area (Å²) >= 11 is 0. The van der Waals surface area contributed by atoms with Gasteiger partial charge in [0.05, 0.1) is 0 Å². The minimum atomic E-state index is 1.75. The van der Waals surface area contributed by atoms with Gasteiger partial charge in [-0.1, -0.05) is 101 Å². The van der Waals surface area contributed by atoms with Gasteiger partial charge in [-0.3, -0.25) is 0 Å². The Morgan fingerprint density at radius 1 is 0.421 bits per heavy atom. The third-order valence-corrected chi connectivity index (χ3v) is 0.333. The van der Waals surface area contributed by atoms with Crippen molar-refractivity contribution in [3.63, 3.8) is 0 Å². The van der Waals surface area contributed by atoms with E-state index in [-0.39, 0.29) is 0 Å². The zero-order valence-electron chi connectivity index (χ0n) is 17.4. The van der Waals surface area contributed by atoms with Gasteiger partial charge in [0.2, 0.25) is 0 Å². The second-order valence-electron chi connectivity index (χ2n) is 1.07. The molecule has 0 aromatic rings. The van der Waals surface area contributed by atoms with E-state index in [1.807, 2.05) is 116 Å². The molecule has 0 aliphatic heterocycles. The summed E-state index contributed by atoms with van der Waals surface area (Å²) in [5, 5.41) is 0. The van der Waals surface area contributed by atoms with Gasteiger partial charge in [0, 0.05) is 0 Å². The zero-order valence-corrected chi connectivity index (χ0v) is 17.4. The van der Waals surface area contributed by atoms with Crippen LogP contribution in [0.5, 0.6) is 0 Å². The second kappa shape index (κ2) is 772. The lowest BCUT2D eigenvalue weighted by molar-refractivity contribution is 1.50. The molecule has 0 radical (unpaired) electrons. The highest BCUT2D eigenvalue weighted by atomic mass is 13.4. The molecule has 0 fully saturated rings. The highest BCUT2D eigenvalue weighted by Crippen LogP contribution is 1.57. The first kappa shape index (κ1) is 51.4. The maximum absolute atomic E-state index is 3.36. The molecule has 0 heterocycles. The molecule has 0 aliphatic rings. The molecular formula is C19H50. The van der Waals surface area contributed by atoms with Crippen LogP contribution in [0.4, 0.5) is 0 Å². The van der Waals surface area contributed by atoms with Crippen molar-refractivity contribution in [3.8, 4) is 0 Å². The monoisotopic (exact) mass is 278 g/mol. The van der Waals surface area contributed by atoms with Crippen LogP contribution in [-0.4, -0.2) is 0 Å². The molecule has 0 spiro atoms. The number of hydrogen-bond acceptors (Lipinski definition) is 0. The molecule has 126 valence electrons. The van der Waals surface area contributed by atoms with Crippen LogP contribution in [0.3, 0.4) is 0 Å². The van der Waals surface area contributed by atoms with Crippen molar-refractivity contribution < 1.29 is 0 Å². The summed E-state index contributed by atoms with van der Waals surface area (Å²) in [5.74, 6) is 0. The first-order chi connectivity index (χ1) is 9.33. The lowest BCUT2D eigenvalue weighted by Crippen LogP contribution is -1.26. The Hall–Kier alpha value is -0.520. The molecule has 19 heavy (non-hydrogen) atoms. The van der Waals surface area contributed by atoms with Crippen LogP contribution < -0.4 is 0 Å². The maximum atomic E-state index is 3.36. The van der Waals surface area contributed by atoms with Crippen molar-refractivity contribution in [2.45, 2.75) is 104 Å². The van der Waals surface area contributed by atoms with Gasteiger partial charge in [0.15, 0.2) is 0 Å². The van der Waals surface area contributed by atoms with Gasteiger partial charge in [-0.25, -0.2) is 0 Å². The molecule has 0 aliphatic carbocycles. The van der Waals surface area contributed by atoms with Crippen molar-refractivity contribution in [2.24, 2.45) is 0 Å². The molecule has 0 bridgehead atoms. The highest BCUT2D eigenvalue weighted by Gasteiger charge is 1.34. The molecule has 0 unspecified atom stereocenters. The fraction of sp³-hybridized carbons (Fsp3) is 0.789. The number of rotatable bonds is 0. The molecule has 0 atom stereocenters. The Balaban J connectivity index is -0.0000000124. The summed E-state index contributed by atoms with van der Waals surface area (Å²) in [6.45, 7) is 33.2. The predicted molar refractivity (Wildman–Crippen MR) is 104 cm³/mol. The van der Waals surface area contributed by atoms with Crippen LogP contribution in [0.15, 0.2) is 24.8 Å². The third-order valence-electron chi connectivity index (χ3n) is 0.333. The summed E-state index contributed by atoms with van der Waals surface area (Å²) in [5.41, 5.74) is 0. The van der Waals surface area contributed by atoms with E-state index in [1.54, 1.807) is 6.08 Å². The standard InChI is InChI=1S/C4H8.C3H6.6C2H6/c1-3-4-2;1-3-2;6*1-2/h3-4H,1-2H3;3H,1H2,2H3;6*1-2H3/b4-3-;;;;;;;. The van der Waals surface area contributed by atoms with E-state index in [1.165, 1.54) is 0 Å². The Bertz CT molecular complexity index is 38.0. The summed E-state index contributed by atoms with van der Waals surface area (Å²) in [6.07, 6.45) is 5.75. The molecular weight excluding hydrogens is 228 g/mol. The van der Waals surface area contributed by atoms with E-state index in [2.05, 4.69) is 6.58 Å². The molecule has 0 aromatic heterocycles.